The topological polar surface area (TPSA) is 35.5 Å². The van der Waals surface area contributed by atoms with Gasteiger partial charge in [0.15, 0.2) is 0 Å². The summed E-state index contributed by atoms with van der Waals surface area (Å²) in [5, 5.41) is 0. The summed E-state index contributed by atoms with van der Waals surface area (Å²) in [5.41, 5.74) is 3.27. The number of ether oxygens (including phenoxy) is 2. The van der Waals surface area contributed by atoms with Crippen molar-refractivity contribution in [1.82, 2.24) is 0 Å². The number of hydrogen-bond acceptors (Lipinski definition) is 3. The Morgan fingerprint density at radius 1 is 1.00 bits per heavy atom. The van der Waals surface area contributed by atoms with E-state index in [9.17, 15) is 4.79 Å². The van der Waals surface area contributed by atoms with E-state index in [1.165, 1.54) is 0 Å². The first-order valence-electron chi connectivity index (χ1n) is 8.55. The van der Waals surface area contributed by atoms with E-state index >= 15 is 0 Å². The number of rotatable bonds is 6. The third-order valence-corrected chi connectivity index (χ3v) is 4.48. The fourth-order valence-corrected chi connectivity index (χ4v) is 3.38. The van der Waals surface area contributed by atoms with Gasteiger partial charge in [-0.15, -0.1) is 0 Å². The summed E-state index contributed by atoms with van der Waals surface area (Å²) in [4.78, 5) is 13.2. The zero-order valence-corrected chi connectivity index (χ0v) is 14.5. The van der Waals surface area contributed by atoms with E-state index in [0.29, 0.717) is 25.7 Å². The van der Waals surface area contributed by atoms with E-state index in [1.807, 2.05) is 57.2 Å². The zero-order valence-electron chi connectivity index (χ0n) is 14.5. The van der Waals surface area contributed by atoms with Crippen LogP contribution in [-0.2, 0) is 19.7 Å². The quantitative estimate of drug-likeness (QED) is 0.748. The van der Waals surface area contributed by atoms with Gasteiger partial charge < -0.3 is 9.47 Å². The SMILES string of the molecule is CCOCC1(C(=O)OCC(C)C)c2ccccc2-c2ccccc21. The molecule has 24 heavy (non-hydrogen) atoms. The van der Waals surface area contributed by atoms with E-state index in [0.717, 1.165) is 22.3 Å². The summed E-state index contributed by atoms with van der Waals surface area (Å²) in [6, 6.07) is 16.1. The molecule has 1 aliphatic carbocycles. The summed E-state index contributed by atoms with van der Waals surface area (Å²) in [6.07, 6.45) is 0. The van der Waals surface area contributed by atoms with Crippen molar-refractivity contribution in [1.29, 1.82) is 0 Å². The van der Waals surface area contributed by atoms with Gasteiger partial charge in [-0.1, -0.05) is 62.4 Å². The van der Waals surface area contributed by atoms with Crippen LogP contribution in [0.3, 0.4) is 0 Å². The van der Waals surface area contributed by atoms with E-state index in [2.05, 4.69) is 12.1 Å². The molecule has 0 N–H and O–H groups in total. The molecule has 0 spiro atoms. The molecule has 1 aliphatic rings. The van der Waals surface area contributed by atoms with E-state index in [-0.39, 0.29) is 5.97 Å². The molecule has 0 unspecified atom stereocenters. The molecule has 126 valence electrons. The first-order chi connectivity index (χ1) is 11.6. The lowest BCUT2D eigenvalue weighted by Crippen LogP contribution is -2.42. The smallest absolute Gasteiger partial charge is 0.323 e. The van der Waals surface area contributed by atoms with Crippen LogP contribution in [0.5, 0.6) is 0 Å². The van der Waals surface area contributed by atoms with Crippen molar-refractivity contribution < 1.29 is 14.3 Å². The molecule has 0 fully saturated rings. The van der Waals surface area contributed by atoms with Crippen LogP contribution in [0.4, 0.5) is 0 Å². The van der Waals surface area contributed by atoms with Crippen molar-refractivity contribution in [2.75, 3.05) is 19.8 Å². The maximum Gasteiger partial charge on any atom is 0.323 e. The Bertz CT molecular complexity index is 688. The van der Waals surface area contributed by atoms with Gasteiger partial charge in [-0.25, -0.2) is 0 Å². The summed E-state index contributed by atoms with van der Waals surface area (Å²) < 4.78 is 11.4. The molecule has 0 atom stereocenters. The first-order valence-corrected chi connectivity index (χ1v) is 8.55. The van der Waals surface area contributed by atoms with Crippen LogP contribution < -0.4 is 0 Å². The van der Waals surface area contributed by atoms with Gasteiger partial charge in [0.1, 0.15) is 5.41 Å². The highest BCUT2D eigenvalue weighted by Crippen LogP contribution is 2.49. The molecule has 3 nitrogen and oxygen atoms in total. The predicted molar refractivity (Wildman–Crippen MR) is 94.9 cm³/mol. The van der Waals surface area contributed by atoms with Crippen molar-refractivity contribution in [2.45, 2.75) is 26.2 Å². The maximum atomic E-state index is 13.2. The summed E-state index contributed by atoms with van der Waals surface area (Å²) in [5.74, 6) is 0.0760. The van der Waals surface area contributed by atoms with Gasteiger partial charge in [0.25, 0.3) is 0 Å². The van der Waals surface area contributed by atoms with Gasteiger partial charge >= 0.3 is 5.97 Å². The Hall–Kier alpha value is -2.13. The van der Waals surface area contributed by atoms with E-state index in [4.69, 9.17) is 9.47 Å². The second-order valence-electron chi connectivity index (χ2n) is 6.63. The standard InChI is InChI=1S/C21H24O3/c1-4-23-14-21(20(22)24-13-15(2)3)18-11-7-5-9-16(18)17-10-6-8-12-19(17)21/h5-12,15H,4,13-14H2,1-3H3. The zero-order chi connectivity index (χ0) is 17.2. The number of esters is 1. The number of carbonyl (C=O) groups excluding carboxylic acids is 1. The van der Waals surface area contributed by atoms with Crippen molar-refractivity contribution in [3.8, 4) is 11.1 Å². The van der Waals surface area contributed by atoms with Crippen LogP contribution in [0.1, 0.15) is 31.9 Å². The third kappa shape index (κ3) is 2.63. The van der Waals surface area contributed by atoms with E-state index < -0.39 is 5.41 Å². The fraction of sp³-hybridized carbons (Fsp3) is 0.381. The van der Waals surface area contributed by atoms with Crippen molar-refractivity contribution in [3.63, 3.8) is 0 Å². The molecule has 0 amide bonds. The van der Waals surface area contributed by atoms with Gasteiger partial charge in [-0.3, -0.25) is 4.79 Å². The second-order valence-corrected chi connectivity index (χ2v) is 6.63. The van der Waals surface area contributed by atoms with Gasteiger partial charge in [0, 0.05) is 6.61 Å². The lowest BCUT2D eigenvalue weighted by molar-refractivity contribution is -0.152. The number of carbonyl (C=O) groups is 1. The van der Waals surface area contributed by atoms with Crippen LogP contribution in [-0.4, -0.2) is 25.8 Å². The molecule has 3 rings (SSSR count). The minimum Gasteiger partial charge on any atom is -0.464 e. The molecular weight excluding hydrogens is 300 g/mol. The third-order valence-electron chi connectivity index (χ3n) is 4.48. The monoisotopic (exact) mass is 324 g/mol. The highest BCUT2D eigenvalue weighted by molar-refractivity contribution is 5.98. The highest BCUT2D eigenvalue weighted by atomic mass is 16.5. The molecule has 0 aliphatic heterocycles. The maximum absolute atomic E-state index is 13.2. The summed E-state index contributed by atoms with van der Waals surface area (Å²) in [6.45, 7) is 7.30. The van der Waals surface area contributed by atoms with Crippen molar-refractivity contribution in [3.05, 3.63) is 59.7 Å². The van der Waals surface area contributed by atoms with Crippen LogP contribution in [0.15, 0.2) is 48.5 Å². The van der Waals surface area contributed by atoms with Crippen LogP contribution >= 0.6 is 0 Å². The van der Waals surface area contributed by atoms with E-state index in [1.54, 1.807) is 0 Å². The lowest BCUT2D eigenvalue weighted by atomic mass is 9.79. The molecule has 2 aromatic carbocycles. The minimum absolute atomic E-state index is 0.220. The molecule has 2 aromatic rings. The number of hydrogen-bond donors (Lipinski definition) is 0. The van der Waals surface area contributed by atoms with Gasteiger partial charge in [0.05, 0.1) is 13.2 Å². The Morgan fingerprint density at radius 3 is 2.04 bits per heavy atom. The highest BCUT2D eigenvalue weighted by Gasteiger charge is 2.50. The Labute approximate surface area is 143 Å². The molecule has 0 saturated heterocycles. The first kappa shape index (κ1) is 16.7. The van der Waals surface area contributed by atoms with Crippen molar-refractivity contribution >= 4 is 5.97 Å². The van der Waals surface area contributed by atoms with Crippen molar-refractivity contribution in [2.24, 2.45) is 5.92 Å². The normalized spacial score (nSPS) is 14.3. The van der Waals surface area contributed by atoms with Gasteiger partial charge in [-0.2, -0.15) is 0 Å². The molecule has 0 radical (unpaired) electrons. The predicted octanol–water partition coefficient (Wildman–Crippen LogP) is 4.19. The average Bonchev–Trinajstić information content (AvgIpc) is 2.89. The molecule has 3 heteroatoms. The van der Waals surface area contributed by atoms with Crippen LogP contribution in [0.25, 0.3) is 11.1 Å². The van der Waals surface area contributed by atoms with Crippen LogP contribution in [0.2, 0.25) is 0 Å². The second kappa shape index (κ2) is 6.78. The molecule has 0 aromatic heterocycles. The molecule has 0 heterocycles. The number of benzene rings is 2. The molecule has 0 bridgehead atoms. The van der Waals surface area contributed by atoms with Gasteiger partial charge in [-0.05, 0) is 35.1 Å². The van der Waals surface area contributed by atoms with Crippen LogP contribution in [0, 0.1) is 5.92 Å². The Kier molecular flexibility index (Phi) is 4.72. The Balaban J connectivity index is 2.15. The minimum atomic E-state index is -0.877. The molecule has 0 saturated carbocycles. The summed E-state index contributed by atoms with van der Waals surface area (Å²) >= 11 is 0. The Morgan fingerprint density at radius 2 is 1.54 bits per heavy atom. The average molecular weight is 324 g/mol. The molecular formula is C21H24O3. The van der Waals surface area contributed by atoms with Gasteiger partial charge in [0.2, 0.25) is 0 Å². The number of fused-ring (bicyclic) bond motifs is 3. The lowest BCUT2D eigenvalue weighted by Gasteiger charge is -2.29. The summed E-state index contributed by atoms with van der Waals surface area (Å²) in [7, 11) is 0. The fourth-order valence-electron chi connectivity index (χ4n) is 3.38. The largest absolute Gasteiger partial charge is 0.464 e.